The minimum atomic E-state index is -0.193. The third-order valence-electron chi connectivity index (χ3n) is 7.57. The van der Waals surface area contributed by atoms with Crippen molar-refractivity contribution < 1.29 is 9.21 Å². The van der Waals surface area contributed by atoms with Gasteiger partial charge in [-0.25, -0.2) is 9.78 Å². The number of piperidine rings is 1. The summed E-state index contributed by atoms with van der Waals surface area (Å²) >= 11 is 6.58. The molecule has 2 fully saturated rings. The molecule has 2 aliphatic rings. The van der Waals surface area contributed by atoms with Crippen molar-refractivity contribution in [2.24, 2.45) is 0 Å². The van der Waals surface area contributed by atoms with Crippen molar-refractivity contribution in [1.82, 2.24) is 14.8 Å². The molecule has 0 aliphatic carbocycles. The highest BCUT2D eigenvalue weighted by Crippen LogP contribution is 2.37. The standard InChI is InChI=1S/C27H34ClN5O2/c1-19(2)31-15-17-32(18-16-31)22-9-6-7-20(28)24(22)30-26(34)33-13-11-27(3,12-14-33)25-29-21-8-4-5-10-23(21)35-25/h4-10,19H,11-18H2,1-3H3,(H,30,34). The van der Waals surface area contributed by atoms with Crippen LogP contribution in [-0.2, 0) is 5.41 Å². The van der Waals surface area contributed by atoms with Crippen LogP contribution in [0.25, 0.3) is 11.1 Å². The number of benzene rings is 2. The van der Waals surface area contributed by atoms with E-state index in [1.165, 1.54) is 0 Å². The van der Waals surface area contributed by atoms with Gasteiger partial charge in [0.05, 0.1) is 16.4 Å². The van der Waals surface area contributed by atoms with Crippen LogP contribution in [0.5, 0.6) is 0 Å². The molecule has 1 N–H and O–H groups in total. The molecule has 0 unspecified atom stereocenters. The highest BCUT2D eigenvalue weighted by Gasteiger charge is 2.37. The maximum absolute atomic E-state index is 13.3. The van der Waals surface area contributed by atoms with Crippen LogP contribution in [0.3, 0.4) is 0 Å². The Bertz CT molecular complexity index is 1160. The van der Waals surface area contributed by atoms with Crippen LogP contribution in [0.4, 0.5) is 16.2 Å². The summed E-state index contributed by atoms with van der Waals surface area (Å²) in [7, 11) is 0. The van der Waals surface area contributed by atoms with Crippen molar-refractivity contribution in [3.63, 3.8) is 0 Å². The van der Waals surface area contributed by atoms with Gasteiger partial charge in [-0.3, -0.25) is 4.90 Å². The van der Waals surface area contributed by atoms with Gasteiger partial charge < -0.3 is 19.5 Å². The highest BCUT2D eigenvalue weighted by molar-refractivity contribution is 6.34. The Balaban J connectivity index is 1.25. The highest BCUT2D eigenvalue weighted by atomic mass is 35.5. The fourth-order valence-electron chi connectivity index (χ4n) is 5.11. The first-order valence-electron chi connectivity index (χ1n) is 12.5. The monoisotopic (exact) mass is 495 g/mol. The lowest BCUT2D eigenvalue weighted by Crippen LogP contribution is -2.49. The minimum absolute atomic E-state index is 0.111. The summed E-state index contributed by atoms with van der Waals surface area (Å²) in [6.45, 7) is 11.7. The number of fused-ring (bicyclic) bond motifs is 1. The number of urea groups is 1. The van der Waals surface area contributed by atoms with E-state index in [1.807, 2.05) is 47.4 Å². The van der Waals surface area contributed by atoms with Gasteiger partial charge in [0.25, 0.3) is 0 Å². The predicted octanol–water partition coefficient (Wildman–Crippen LogP) is 5.60. The number of carbonyl (C=O) groups excluding carboxylic acids is 1. The van der Waals surface area contributed by atoms with Crippen LogP contribution in [0.1, 0.15) is 39.5 Å². The molecule has 3 heterocycles. The van der Waals surface area contributed by atoms with Gasteiger partial charge in [0.15, 0.2) is 5.58 Å². The number of likely N-dealkylation sites (tertiary alicyclic amines) is 1. The number of nitrogens with zero attached hydrogens (tertiary/aromatic N) is 4. The predicted molar refractivity (Wildman–Crippen MR) is 142 cm³/mol. The largest absolute Gasteiger partial charge is 0.440 e. The van der Waals surface area contributed by atoms with Crippen molar-refractivity contribution in [1.29, 1.82) is 0 Å². The van der Waals surface area contributed by atoms with E-state index >= 15 is 0 Å². The molecular formula is C27H34ClN5O2. The van der Waals surface area contributed by atoms with Gasteiger partial charge >= 0.3 is 6.03 Å². The van der Waals surface area contributed by atoms with E-state index in [4.69, 9.17) is 21.0 Å². The van der Waals surface area contributed by atoms with Crippen LogP contribution in [0, 0.1) is 0 Å². The number of aromatic nitrogens is 1. The molecule has 3 aromatic rings. The molecule has 2 saturated heterocycles. The first-order chi connectivity index (χ1) is 16.8. The first kappa shape index (κ1) is 23.9. The normalized spacial score (nSPS) is 18.9. The zero-order valence-electron chi connectivity index (χ0n) is 20.8. The molecule has 35 heavy (non-hydrogen) atoms. The molecule has 0 saturated carbocycles. The minimum Gasteiger partial charge on any atom is -0.440 e. The lowest BCUT2D eigenvalue weighted by atomic mass is 9.80. The number of anilines is 2. The Hall–Kier alpha value is -2.77. The quantitative estimate of drug-likeness (QED) is 0.510. The van der Waals surface area contributed by atoms with Gasteiger partial charge in [0.1, 0.15) is 5.52 Å². The van der Waals surface area contributed by atoms with Gasteiger partial charge in [-0.1, -0.05) is 36.7 Å². The second kappa shape index (κ2) is 9.70. The van der Waals surface area contributed by atoms with Crippen molar-refractivity contribution in [2.45, 2.75) is 45.1 Å². The van der Waals surface area contributed by atoms with E-state index in [9.17, 15) is 4.79 Å². The van der Waals surface area contributed by atoms with Crippen LogP contribution < -0.4 is 10.2 Å². The van der Waals surface area contributed by atoms with Gasteiger partial charge in [-0.2, -0.15) is 0 Å². The fourth-order valence-corrected chi connectivity index (χ4v) is 5.33. The van der Waals surface area contributed by atoms with Gasteiger partial charge in [0, 0.05) is 50.7 Å². The molecular weight excluding hydrogens is 462 g/mol. The summed E-state index contributed by atoms with van der Waals surface area (Å²) in [6, 6.07) is 14.1. The van der Waals surface area contributed by atoms with E-state index in [2.05, 4.69) is 35.9 Å². The van der Waals surface area contributed by atoms with E-state index in [0.717, 1.165) is 61.7 Å². The number of hydrogen-bond acceptors (Lipinski definition) is 5. The lowest BCUT2D eigenvalue weighted by Gasteiger charge is -2.39. The van der Waals surface area contributed by atoms with Crippen molar-refractivity contribution in [3.05, 3.63) is 53.4 Å². The molecule has 2 amide bonds. The number of piperazine rings is 1. The summed E-state index contributed by atoms with van der Waals surface area (Å²) in [5.74, 6) is 0.757. The number of hydrogen-bond donors (Lipinski definition) is 1. The number of halogens is 1. The molecule has 0 bridgehead atoms. The Morgan fingerprint density at radius 2 is 1.74 bits per heavy atom. The molecule has 0 spiro atoms. The number of nitrogens with one attached hydrogen (secondary N) is 1. The molecule has 7 nitrogen and oxygen atoms in total. The van der Waals surface area contributed by atoms with E-state index in [1.54, 1.807) is 0 Å². The second-order valence-electron chi connectivity index (χ2n) is 10.2. The Labute approximate surface area is 212 Å². The third-order valence-corrected chi connectivity index (χ3v) is 7.89. The van der Waals surface area contributed by atoms with Crippen molar-refractivity contribution in [2.75, 3.05) is 49.5 Å². The zero-order valence-corrected chi connectivity index (χ0v) is 21.5. The van der Waals surface area contributed by atoms with E-state index in [0.29, 0.717) is 29.8 Å². The molecule has 0 atom stereocenters. The molecule has 0 radical (unpaired) electrons. The molecule has 2 aromatic carbocycles. The number of amides is 2. The maximum atomic E-state index is 13.3. The molecule has 8 heteroatoms. The van der Waals surface area contributed by atoms with Crippen molar-refractivity contribution >= 4 is 40.1 Å². The maximum Gasteiger partial charge on any atom is 0.321 e. The van der Waals surface area contributed by atoms with Crippen molar-refractivity contribution in [3.8, 4) is 0 Å². The molecule has 1 aromatic heterocycles. The van der Waals surface area contributed by atoms with Crippen LogP contribution >= 0.6 is 11.6 Å². The fraction of sp³-hybridized carbons (Fsp3) is 0.481. The summed E-state index contributed by atoms with van der Waals surface area (Å²) in [5.41, 5.74) is 3.18. The van der Waals surface area contributed by atoms with Crippen LogP contribution in [-0.4, -0.2) is 66.1 Å². The molecule has 2 aliphatic heterocycles. The van der Waals surface area contributed by atoms with Gasteiger partial charge in [-0.05, 0) is 51.0 Å². The number of para-hydroxylation sites is 3. The van der Waals surface area contributed by atoms with Gasteiger partial charge in [-0.15, -0.1) is 0 Å². The Morgan fingerprint density at radius 1 is 1.03 bits per heavy atom. The first-order valence-corrected chi connectivity index (χ1v) is 12.9. The summed E-state index contributed by atoms with van der Waals surface area (Å²) in [4.78, 5) is 24.7. The Kier molecular flexibility index (Phi) is 6.64. The zero-order chi connectivity index (χ0) is 24.6. The summed E-state index contributed by atoms with van der Waals surface area (Å²) in [6.07, 6.45) is 1.58. The Morgan fingerprint density at radius 3 is 2.43 bits per heavy atom. The second-order valence-corrected chi connectivity index (χ2v) is 10.6. The number of oxazole rings is 1. The topological polar surface area (TPSA) is 64.8 Å². The average molecular weight is 496 g/mol. The third kappa shape index (κ3) is 4.84. The van der Waals surface area contributed by atoms with Crippen LogP contribution in [0.2, 0.25) is 5.02 Å². The van der Waals surface area contributed by atoms with E-state index in [-0.39, 0.29) is 11.4 Å². The number of rotatable bonds is 4. The van der Waals surface area contributed by atoms with Gasteiger partial charge in [0.2, 0.25) is 5.89 Å². The van der Waals surface area contributed by atoms with E-state index < -0.39 is 0 Å². The molecule has 5 rings (SSSR count). The average Bonchev–Trinajstić information content (AvgIpc) is 3.31. The molecule has 186 valence electrons. The summed E-state index contributed by atoms with van der Waals surface area (Å²) < 4.78 is 6.07. The number of carbonyl (C=O) groups is 1. The lowest BCUT2D eigenvalue weighted by molar-refractivity contribution is 0.162. The SMILES string of the molecule is CC(C)N1CCN(c2cccc(Cl)c2NC(=O)N2CCC(C)(c3nc4ccccc4o3)CC2)CC1. The smallest absolute Gasteiger partial charge is 0.321 e. The summed E-state index contributed by atoms with van der Waals surface area (Å²) in [5, 5.41) is 3.69. The van der Waals surface area contributed by atoms with Crippen LogP contribution in [0.15, 0.2) is 46.9 Å².